The molecule has 1 aliphatic rings. The molecule has 0 aliphatic carbocycles. The number of nitrogens with zero attached hydrogens (tertiary/aromatic N) is 5. The van der Waals surface area contributed by atoms with E-state index in [2.05, 4.69) is 23.1 Å². The standard InChI is InChI=1S/C27H23ClFN5O2/c1-4-18-20(19-9-5-7-17-8-6-10-21(28)22(17)19)15-30-24-23(18)31-27(36-3)32-25(24)33-11-13-34(14-12-33)26(35)16(2)29/h4-10,15H,1-2,11-14H2,3H3. The van der Waals surface area contributed by atoms with E-state index in [1.807, 2.05) is 41.3 Å². The predicted octanol–water partition coefficient (Wildman–Crippen LogP) is 5.28. The molecule has 0 unspecified atom stereocenters. The SMILES string of the molecule is C=Cc1c(-c2cccc3cccc(Cl)c23)cnc2c(N3CCN(C(=O)C(=C)F)CC3)nc(OC)nc12. The molecule has 9 heteroatoms. The Balaban J connectivity index is 1.64. The Bertz CT molecular complexity index is 1530. The van der Waals surface area contributed by atoms with Gasteiger partial charge in [0.05, 0.1) is 7.11 Å². The Kier molecular flexibility index (Phi) is 6.28. The average Bonchev–Trinajstić information content (AvgIpc) is 2.91. The number of hydrogen-bond acceptors (Lipinski definition) is 6. The number of aromatic nitrogens is 3. The number of piperazine rings is 1. The van der Waals surface area contributed by atoms with Crippen LogP contribution in [0, 0.1) is 0 Å². The summed E-state index contributed by atoms with van der Waals surface area (Å²) in [4.78, 5) is 29.4. The van der Waals surface area contributed by atoms with E-state index in [1.54, 1.807) is 12.3 Å². The van der Waals surface area contributed by atoms with Crippen molar-refractivity contribution in [1.29, 1.82) is 0 Å². The number of amides is 1. The van der Waals surface area contributed by atoms with E-state index in [0.717, 1.165) is 27.5 Å². The minimum absolute atomic E-state index is 0.186. The van der Waals surface area contributed by atoms with E-state index >= 15 is 0 Å². The van der Waals surface area contributed by atoms with Gasteiger partial charge in [0.2, 0.25) is 0 Å². The minimum atomic E-state index is -0.962. The predicted molar refractivity (Wildman–Crippen MR) is 141 cm³/mol. The van der Waals surface area contributed by atoms with Gasteiger partial charge in [0.1, 0.15) is 11.0 Å². The zero-order chi connectivity index (χ0) is 25.4. The summed E-state index contributed by atoms with van der Waals surface area (Å²) in [6.45, 7) is 8.71. The second-order valence-corrected chi connectivity index (χ2v) is 8.76. The summed E-state index contributed by atoms with van der Waals surface area (Å²) in [5.74, 6) is -1.07. The second-order valence-electron chi connectivity index (χ2n) is 8.35. The van der Waals surface area contributed by atoms with Gasteiger partial charge in [-0.05, 0) is 17.0 Å². The van der Waals surface area contributed by atoms with E-state index in [0.29, 0.717) is 48.1 Å². The van der Waals surface area contributed by atoms with Gasteiger partial charge in [-0.3, -0.25) is 4.79 Å². The van der Waals surface area contributed by atoms with Gasteiger partial charge in [-0.25, -0.2) is 9.37 Å². The monoisotopic (exact) mass is 503 g/mol. The lowest BCUT2D eigenvalue weighted by molar-refractivity contribution is -0.128. The van der Waals surface area contributed by atoms with Gasteiger partial charge in [0.25, 0.3) is 5.91 Å². The van der Waals surface area contributed by atoms with Gasteiger partial charge in [0, 0.05) is 53.9 Å². The van der Waals surface area contributed by atoms with Crippen LogP contribution in [0.4, 0.5) is 10.2 Å². The first-order chi connectivity index (χ1) is 17.4. The van der Waals surface area contributed by atoms with E-state index in [4.69, 9.17) is 21.3 Å². The second kappa shape index (κ2) is 9.54. The van der Waals surface area contributed by atoms with E-state index in [-0.39, 0.29) is 6.01 Å². The molecule has 1 fully saturated rings. The number of fused-ring (bicyclic) bond motifs is 2. The largest absolute Gasteiger partial charge is 0.467 e. The third-order valence-corrected chi connectivity index (χ3v) is 6.66. The molecule has 1 aliphatic heterocycles. The summed E-state index contributed by atoms with van der Waals surface area (Å²) in [5, 5.41) is 2.57. The van der Waals surface area contributed by atoms with Crippen molar-refractivity contribution in [1.82, 2.24) is 19.9 Å². The zero-order valence-electron chi connectivity index (χ0n) is 19.7. The van der Waals surface area contributed by atoms with Gasteiger partial charge in [-0.15, -0.1) is 0 Å². The normalized spacial score (nSPS) is 13.8. The van der Waals surface area contributed by atoms with Crippen LogP contribution in [0.5, 0.6) is 6.01 Å². The lowest BCUT2D eigenvalue weighted by Crippen LogP contribution is -2.49. The molecule has 2 aromatic carbocycles. The zero-order valence-corrected chi connectivity index (χ0v) is 20.4. The molecule has 1 amide bonds. The lowest BCUT2D eigenvalue weighted by atomic mass is 9.95. The fourth-order valence-corrected chi connectivity index (χ4v) is 4.89. The first kappa shape index (κ1) is 23.7. The summed E-state index contributed by atoms with van der Waals surface area (Å²) in [6.07, 6.45) is 3.53. The number of rotatable bonds is 5. The summed E-state index contributed by atoms with van der Waals surface area (Å²) in [7, 11) is 1.50. The number of halogens is 2. The van der Waals surface area contributed by atoms with Crippen molar-refractivity contribution in [3.63, 3.8) is 0 Å². The Morgan fingerprint density at radius 1 is 1.08 bits per heavy atom. The van der Waals surface area contributed by atoms with Crippen LogP contribution < -0.4 is 9.64 Å². The Morgan fingerprint density at radius 3 is 2.47 bits per heavy atom. The average molecular weight is 504 g/mol. The van der Waals surface area contributed by atoms with Crippen molar-refractivity contribution in [2.45, 2.75) is 0 Å². The molecule has 0 spiro atoms. The van der Waals surface area contributed by atoms with Crippen LogP contribution in [-0.2, 0) is 4.79 Å². The quantitative estimate of drug-likeness (QED) is 0.345. The Hall–Kier alpha value is -4.04. The molecule has 0 N–H and O–H groups in total. The number of ether oxygens (including phenoxy) is 1. The lowest BCUT2D eigenvalue weighted by Gasteiger charge is -2.35. The summed E-state index contributed by atoms with van der Waals surface area (Å²) in [5.41, 5.74) is 3.69. The van der Waals surface area contributed by atoms with Crippen LogP contribution >= 0.6 is 11.6 Å². The molecule has 36 heavy (non-hydrogen) atoms. The number of carbonyl (C=O) groups excluding carboxylic acids is 1. The number of pyridine rings is 1. The van der Waals surface area contributed by atoms with E-state index in [9.17, 15) is 9.18 Å². The molecule has 3 heterocycles. The van der Waals surface area contributed by atoms with Gasteiger partial charge >= 0.3 is 6.01 Å². The highest BCUT2D eigenvalue weighted by Crippen LogP contribution is 2.38. The third kappa shape index (κ3) is 4.03. The molecule has 4 aromatic rings. The van der Waals surface area contributed by atoms with Crippen LogP contribution in [0.3, 0.4) is 0 Å². The molecule has 7 nitrogen and oxygen atoms in total. The molecule has 0 bridgehead atoms. The molecular weight excluding hydrogens is 481 g/mol. The highest BCUT2D eigenvalue weighted by atomic mass is 35.5. The molecular formula is C27H23ClFN5O2. The Morgan fingerprint density at radius 2 is 1.81 bits per heavy atom. The van der Waals surface area contributed by atoms with Crippen molar-refractivity contribution in [2.75, 3.05) is 38.2 Å². The fourth-order valence-electron chi connectivity index (χ4n) is 4.60. The number of hydrogen-bond donors (Lipinski definition) is 0. The van der Waals surface area contributed by atoms with Crippen molar-refractivity contribution in [3.05, 3.63) is 72.2 Å². The van der Waals surface area contributed by atoms with Gasteiger partial charge in [0.15, 0.2) is 11.6 Å². The molecule has 5 rings (SSSR count). The Labute approximate surface area is 212 Å². The number of carbonyl (C=O) groups is 1. The van der Waals surface area contributed by atoms with Gasteiger partial charge in [-0.1, -0.05) is 61.2 Å². The van der Waals surface area contributed by atoms with Crippen molar-refractivity contribution < 1.29 is 13.9 Å². The van der Waals surface area contributed by atoms with Crippen LogP contribution in [0.2, 0.25) is 5.02 Å². The minimum Gasteiger partial charge on any atom is -0.467 e. The molecule has 0 atom stereocenters. The third-order valence-electron chi connectivity index (χ3n) is 6.34. The molecule has 0 saturated carbocycles. The van der Waals surface area contributed by atoms with E-state index in [1.165, 1.54) is 12.0 Å². The van der Waals surface area contributed by atoms with Crippen molar-refractivity contribution in [3.8, 4) is 17.1 Å². The molecule has 182 valence electrons. The van der Waals surface area contributed by atoms with Crippen LogP contribution in [-0.4, -0.2) is 59.0 Å². The van der Waals surface area contributed by atoms with Crippen LogP contribution in [0.15, 0.2) is 61.6 Å². The van der Waals surface area contributed by atoms with Gasteiger partial charge in [-0.2, -0.15) is 9.97 Å². The van der Waals surface area contributed by atoms with Crippen molar-refractivity contribution in [2.24, 2.45) is 0 Å². The highest BCUT2D eigenvalue weighted by molar-refractivity contribution is 6.36. The molecule has 2 aromatic heterocycles. The van der Waals surface area contributed by atoms with E-state index < -0.39 is 11.7 Å². The maximum Gasteiger partial charge on any atom is 0.318 e. The number of anilines is 1. The maximum atomic E-state index is 13.3. The van der Waals surface area contributed by atoms with Gasteiger partial charge < -0.3 is 14.5 Å². The van der Waals surface area contributed by atoms with Crippen LogP contribution in [0.25, 0.3) is 39.0 Å². The molecule has 0 radical (unpaired) electrons. The van der Waals surface area contributed by atoms with Crippen molar-refractivity contribution >= 4 is 51.2 Å². The first-order valence-corrected chi connectivity index (χ1v) is 11.7. The molecule has 1 saturated heterocycles. The first-order valence-electron chi connectivity index (χ1n) is 11.4. The number of benzene rings is 2. The number of methoxy groups -OCH3 is 1. The summed E-state index contributed by atoms with van der Waals surface area (Å²) < 4.78 is 18.7. The summed E-state index contributed by atoms with van der Waals surface area (Å²) >= 11 is 6.60. The highest BCUT2D eigenvalue weighted by Gasteiger charge is 2.27. The van der Waals surface area contributed by atoms with Crippen LogP contribution in [0.1, 0.15) is 5.56 Å². The maximum absolute atomic E-state index is 13.3. The fraction of sp³-hybridized carbons (Fsp3) is 0.185. The topological polar surface area (TPSA) is 71.5 Å². The summed E-state index contributed by atoms with van der Waals surface area (Å²) in [6, 6.07) is 12.0. The smallest absolute Gasteiger partial charge is 0.318 e.